The van der Waals surface area contributed by atoms with Gasteiger partial charge in [0.1, 0.15) is 4.75 Å². The molecule has 0 spiro atoms. The minimum absolute atomic E-state index is 0.0913. The van der Waals surface area contributed by atoms with Crippen molar-refractivity contribution in [1.82, 2.24) is 5.32 Å². The van der Waals surface area contributed by atoms with E-state index in [1.165, 1.54) is 11.3 Å². The fourth-order valence-electron chi connectivity index (χ4n) is 5.73. The fourth-order valence-corrected chi connectivity index (χ4v) is 13.8. The Morgan fingerprint density at radius 3 is 2.08 bits per heavy atom. The smallest absolute Gasteiger partial charge is 0.308 e. The van der Waals surface area contributed by atoms with Crippen LogP contribution in [0.25, 0.3) is 21.6 Å². The van der Waals surface area contributed by atoms with Crippen molar-refractivity contribution in [2.75, 3.05) is 19.4 Å². The predicted molar refractivity (Wildman–Crippen MR) is 162 cm³/mol. The highest BCUT2D eigenvalue weighted by molar-refractivity contribution is 7.92. The molecule has 2 atom stereocenters. The highest BCUT2D eigenvalue weighted by Gasteiger charge is 2.60. The van der Waals surface area contributed by atoms with Crippen LogP contribution in [0.4, 0.5) is 0 Å². The first-order chi connectivity index (χ1) is 18.4. The molecule has 1 aliphatic rings. The number of benzene rings is 2. The first-order valence-corrected chi connectivity index (χ1v) is 19.4. The molecule has 39 heavy (non-hydrogen) atoms. The number of hydrogen-bond donors (Lipinski definition) is 1. The molecule has 1 fully saturated rings. The van der Waals surface area contributed by atoms with Crippen molar-refractivity contribution < 1.29 is 22.7 Å². The maximum Gasteiger partial charge on any atom is 0.308 e. The number of nitrogens with one attached hydrogen (secondary N) is 1. The summed E-state index contributed by atoms with van der Waals surface area (Å²) < 4.78 is 32.1. The lowest BCUT2D eigenvalue weighted by Gasteiger charge is -2.45. The molecule has 1 amide bonds. The molecule has 208 valence electrons. The summed E-state index contributed by atoms with van der Waals surface area (Å²) >= 11 is 1.47. The van der Waals surface area contributed by atoms with Crippen LogP contribution < -0.4 is 5.32 Å². The topological polar surface area (TPSA) is 89.5 Å². The van der Waals surface area contributed by atoms with Gasteiger partial charge in [0, 0.05) is 22.4 Å². The van der Waals surface area contributed by atoms with E-state index in [-0.39, 0.29) is 24.2 Å². The number of esters is 1. The van der Waals surface area contributed by atoms with Crippen molar-refractivity contribution in [3.8, 4) is 21.6 Å². The molecule has 0 bridgehead atoms. The number of carbonyl (C=O) groups is 2. The van der Waals surface area contributed by atoms with E-state index < -0.39 is 28.2 Å². The second kappa shape index (κ2) is 11.4. The highest BCUT2D eigenvalue weighted by atomic mass is 32.2. The SMILES string of the molecule is CCOC(=O)C([C@]1(c2ccc(-c3ccc(-c4ccc(C(=O)NC)cc4)cc3)s2)CCCCS1(=O)=O)[Si](C)(C)C. The molecule has 2 heterocycles. The number of amides is 1. The van der Waals surface area contributed by atoms with Crippen LogP contribution >= 0.6 is 11.3 Å². The Morgan fingerprint density at radius 2 is 1.54 bits per heavy atom. The molecule has 1 saturated heterocycles. The van der Waals surface area contributed by atoms with Gasteiger partial charge >= 0.3 is 5.97 Å². The Hall–Kier alpha value is -2.75. The summed E-state index contributed by atoms with van der Waals surface area (Å²) in [7, 11) is -4.30. The third kappa shape index (κ3) is 5.62. The lowest BCUT2D eigenvalue weighted by atomic mass is 9.94. The fraction of sp³-hybridized carbons (Fsp3) is 0.400. The van der Waals surface area contributed by atoms with Gasteiger partial charge in [-0.15, -0.1) is 11.3 Å². The predicted octanol–water partition coefficient (Wildman–Crippen LogP) is 6.51. The molecular formula is C30H37NO5S2Si. The lowest BCUT2D eigenvalue weighted by Crippen LogP contribution is -2.54. The average Bonchev–Trinajstić information content (AvgIpc) is 3.40. The number of rotatable bonds is 8. The molecule has 6 nitrogen and oxygen atoms in total. The molecule has 1 aromatic heterocycles. The molecule has 1 aliphatic heterocycles. The van der Waals surface area contributed by atoms with Crippen LogP contribution in [0.3, 0.4) is 0 Å². The van der Waals surface area contributed by atoms with Crippen molar-refractivity contribution in [3.05, 3.63) is 71.1 Å². The Balaban J connectivity index is 1.72. The maximum absolute atomic E-state index is 13.9. The van der Waals surface area contributed by atoms with E-state index in [4.69, 9.17) is 4.74 Å². The van der Waals surface area contributed by atoms with Crippen LogP contribution in [-0.2, 0) is 24.1 Å². The van der Waals surface area contributed by atoms with Gasteiger partial charge in [-0.3, -0.25) is 9.59 Å². The van der Waals surface area contributed by atoms with E-state index in [2.05, 4.69) is 25.0 Å². The van der Waals surface area contributed by atoms with Gasteiger partial charge in [0.2, 0.25) is 0 Å². The number of ether oxygens (including phenoxy) is 1. The van der Waals surface area contributed by atoms with Crippen molar-refractivity contribution in [2.24, 2.45) is 0 Å². The van der Waals surface area contributed by atoms with Gasteiger partial charge in [-0.05, 0) is 60.7 Å². The summed E-state index contributed by atoms with van der Waals surface area (Å²) in [5, 5.41) is 2.63. The van der Waals surface area contributed by atoms with Crippen LogP contribution in [0.2, 0.25) is 25.2 Å². The van der Waals surface area contributed by atoms with Gasteiger partial charge in [-0.1, -0.05) is 62.5 Å². The first kappa shape index (κ1) is 29.2. The number of carbonyl (C=O) groups excluding carboxylic acids is 2. The standard InChI is InChI=1S/C30H37NO5S2Si/c1-6-36-29(33)27(39(3,4)5)30(19-7-8-20-38(30,34)35)26-18-17-25(37-26)23-13-9-21(10-14-23)22-11-15-24(16-12-22)28(32)31-2/h9-18,27H,6-8,19-20H2,1-5H3,(H,31,32)/t27?,30-/m1/s1. The van der Waals surface area contributed by atoms with Gasteiger partial charge in [0.15, 0.2) is 9.84 Å². The lowest BCUT2D eigenvalue weighted by molar-refractivity contribution is -0.144. The second-order valence-corrected chi connectivity index (χ2v) is 19.9. The van der Waals surface area contributed by atoms with Gasteiger partial charge < -0.3 is 10.1 Å². The third-order valence-corrected chi connectivity index (χ3v) is 14.2. The Kier molecular flexibility index (Phi) is 8.54. The average molecular weight is 584 g/mol. The molecule has 4 rings (SSSR count). The number of sulfone groups is 1. The minimum atomic E-state index is -3.59. The van der Waals surface area contributed by atoms with Crippen molar-refractivity contribution in [1.29, 1.82) is 0 Å². The number of hydrogen-bond acceptors (Lipinski definition) is 6. The van der Waals surface area contributed by atoms with E-state index in [0.717, 1.165) is 32.9 Å². The van der Waals surface area contributed by atoms with Crippen LogP contribution in [0, 0.1) is 0 Å². The van der Waals surface area contributed by atoms with Crippen LogP contribution in [-0.4, -0.2) is 47.8 Å². The molecule has 3 aromatic rings. The molecule has 0 saturated carbocycles. The van der Waals surface area contributed by atoms with Gasteiger partial charge in [-0.2, -0.15) is 0 Å². The second-order valence-electron chi connectivity index (χ2n) is 11.1. The summed E-state index contributed by atoms with van der Waals surface area (Å²) in [6.45, 7) is 8.19. The van der Waals surface area contributed by atoms with Crippen molar-refractivity contribution >= 4 is 41.1 Å². The summed E-state index contributed by atoms with van der Waals surface area (Å²) in [6.07, 6.45) is 1.82. The van der Waals surface area contributed by atoms with Gasteiger partial charge in [0.05, 0.1) is 26.0 Å². The van der Waals surface area contributed by atoms with Gasteiger partial charge in [-0.25, -0.2) is 8.42 Å². The van der Waals surface area contributed by atoms with Crippen molar-refractivity contribution in [2.45, 2.75) is 56.1 Å². The first-order valence-electron chi connectivity index (χ1n) is 13.4. The largest absolute Gasteiger partial charge is 0.466 e. The number of thiophene rings is 1. The summed E-state index contributed by atoms with van der Waals surface area (Å²) in [6, 6.07) is 19.5. The molecule has 2 aromatic carbocycles. The monoisotopic (exact) mass is 583 g/mol. The van der Waals surface area contributed by atoms with Crippen LogP contribution in [0.1, 0.15) is 41.4 Å². The molecule has 0 aliphatic carbocycles. The summed E-state index contributed by atoms with van der Waals surface area (Å²) in [5.74, 6) is -0.417. The molecule has 1 N–H and O–H groups in total. The zero-order valence-corrected chi connectivity index (χ0v) is 25.9. The van der Waals surface area contributed by atoms with E-state index in [0.29, 0.717) is 18.4 Å². The molecular weight excluding hydrogens is 547 g/mol. The zero-order valence-electron chi connectivity index (χ0n) is 23.2. The maximum atomic E-state index is 13.9. The summed E-state index contributed by atoms with van der Waals surface area (Å²) in [5.41, 5.74) is 2.94. The minimum Gasteiger partial charge on any atom is -0.466 e. The highest BCUT2D eigenvalue weighted by Crippen LogP contribution is 2.55. The summed E-state index contributed by atoms with van der Waals surface area (Å²) in [4.78, 5) is 27.0. The molecule has 9 heteroatoms. The molecule has 0 radical (unpaired) electrons. The zero-order chi connectivity index (χ0) is 28.4. The van der Waals surface area contributed by atoms with E-state index >= 15 is 0 Å². The Bertz CT molecular complexity index is 1440. The van der Waals surface area contributed by atoms with E-state index in [1.54, 1.807) is 26.1 Å². The van der Waals surface area contributed by atoms with E-state index in [1.807, 2.05) is 48.5 Å². The van der Waals surface area contributed by atoms with Gasteiger partial charge in [0.25, 0.3) is 5.91 Å². The Labute approximate surface area is 236 Å². The third-order valence-electron chi connectivity index (χ3n) is 7.52. The molecule has 1 unspecified atom stereocenters. The van der Waals surface area contributed by atoms with Crippen molar-refractivity contribution in [3.63, 3.8) is 0 Å². The quantitative estimate of drug-likeness (QED) is 0.241. The van der Waals surface area contributed by atoms with E-state index in [9.17, 15) is 18.0 Å². The van der Waals surface area contributed by atoms with Crippen LogP contribution in [0.5, 0.6) is 0 Å². The Morgan fingerprint density at radius 1 is 0.949 bits per heavy atom. The normalized spacial score (nSPS) is 19.7. The van der Waals surface area contributed by atoms with Crippen LogP contribution in [0.15, 0.2) is 60.7 Å².